The van der Waals surface area contributed by atoms with Crippen molar-refractivity contribution in [1.29, 1.82) is 0 Å². The zero-order chi connectivity index (χ0) is 14.6. The zero-order valence-corrected chi connectivity index (χ0v) is 12.6. The van der Waals surface area contributed by atoms with Gasteiger partial charge in [-0.1, -0.05) is 18.9 Å². The summed E-state index contributed by atoms with van der Waals surface area (Å²) < 4.78 is 28.1. The summed E-state index contributed by atoms with van der Waals surface area (Å²) in [5.41, 5.74) is 4.82. The Kier molecular flexibility index (Phi) is 6.55. The number of benzene rings is 1. The topological polar surface area (TPSA) is 55.1 Å². The largest absolute Gasteiger partial charge is 0.355 e. The van der Waals surface area contributed by atoms with Crippen LogP contribution in [-0.2, 0) is 10.2 Å². The van der Waals surface area contributed by atoms with Gasteiger partial charge in [0.25, 0.3) is 0 Å². The van der Waals surface area contributed by atoms with Crippen LogP contribution in [0.1, 0.15) is 37.7 Å². The summed E-state index contributed by atoms with van der Waals surface area (Å²) in [5, 5.41) is 2.77. The average molecular weight is 319 g/mol. The number of halogens is 3. The van der Waals surface area contributed by atoms with Crippen LogP contribution in [0.15, 0.2) is 18.2 Å². The molecule has 1 fully saturated rings. The maximum Gasteiger partial charge on any atom is 0.221 e. The van der Waals surface area contributed by atoms with Crippen LogP contribution in [-0.4, -0.2) is 19.0 Å². The molecule has 0 unspecified atom stereocenters. The Bertz CT molecular complexity index is 470. The zero-order valence-electron chi connectivity index (χ0n) is 11.8. The summed E-state index contributed by atoms with van der Waals surface area (Å²) in [5.74, 6) is -1.23. The molecule has 0 aliphatic heterocycles. The van der Waals surface area contributed by atoms with E-state index in [2.05, 4.69) is 5.32 Å². The monoisotopic (exact) mass is 318 g/mol. The van der Waals surface area contributed by atoms with E-state index in [0.717, 1.165) is 12.8 Å². The van der Waals surface area contributed by atoms with Gasteiger partial charge >= 0.3 is 0 Å². The fraction of sp³-hybridized carbons (Fsp3) is 0.533. The van der Waals surface area contributed by atoms with Gasteiger partial charge in [0.05, 0.1) is 0 Å². The first-order valence-electron chi connectivity index (χ1n) is 7.00. The number of nitrogens with one attached hydrogen (secondary N) is 1. The highest BCUT2D eigenvalue weighted by Crippen LogP contribution is 2.42. The number of hydrogen-bond donors (Lipinski definition) is 2. The van der Waals surface area contributed by atoms with Crippen molar-refractivity contribution >= 4 is 18.3 Å². The number of carbonyl (C=O) groups excluding carboxylic acids is 1. The molecule has 0 spiro atoms. The molecular weight excluding hydrogens is 298 g/mol. The van der Waals surface area contributed by atoms with E-state index in [1.165, 1.54) is 18.2 Å². The van der Waals surface area contributed by atoms with Crippen LogP contribution in [0.2, 0.25) is 0 Å². The highest BCUT2D eigenvalue weighted by atomic mass is 35.5. The molecule has 1 saturated carbocycles. The minimum Gasteiger partial charge on any atom is -0.355 e. The van der Waals surface area contributed by atoms with Crippen molar-refractivity contribution in [2.45, 2.75) is 37.5 Å². The van der Waals surface area contributed by atoms with E-state index in [1.807, 2.05) is 0 Å². The molecule has 0 bridgehead atoms. The third-order valence-corrected chi connectivity index (χ3v) is 4.05. The van der Waals surface area contributed by atoms with Crippen LogP contribution < -0.4 is 11.1 Å². The molecular formula is C15H21ClF2N2O. The molecule has 1 amide bonds. The molecule has 0 atom stereocenters. The fourth-order valence-electron chi connectivity index (χ4n) is 3.06. The van der Waals surface area contributed by atoms with Crippen molar-refractivity contribution in [3.05, 3.63) is 35.4 Å². The van der Waals surface area contributed by atoms with Gasteiger partial charge < -0.3 is 11.1 Å². The summed E-state index contributed by atoms with van der Waals surface area (Å²) in [6, 6.07) is 3.92. The van der Waals surface area contributed by atoms with Crippen LogP contribution >= 0.6 is 12.4 Å². The van der Waals surface area contributed by atoms with Gasteiger partial charge in [0, 0.05) is 30.5 Å². The van der Waals surface area contributed by atoms with Crippen molar-refractivity contribution < 1.29 is 13.6 Å². The SMILES string of the molecule is Cl.NCCC(=O)NCC1(c2c(F)cccc2F)CCCC1. The number of hydrogen-bond acceptors (Lipinski definition) is 2. The Morgan fingerprint density at radius 2 is 1.81 bits per heavy atom. The Balaban J connectivity index is 0.00000220. The van der Waals surface area contributed by atoms with Gasteiger partial charge in [-0.3, -0.25) is 4.79 Å². The third kappa shape index (κ3) is 3.92. The van der Waals surface area contributed by atoms with E-state index < -0.39 is 17.0 Å². The van der Waals surface area contributed by atoms with Gasteiger partial charge in [-0.15, -0.1) is 12.4 Å². The molecule has 118 valence electrons. The van der Waals surface area contributed by atoms with E-state index in [-0.39, 0.29) is 43.4 Å². The third-order valence-electron chi connectivity index (χ3n) is 4.05. The Hall–Kier alpha value is -1.20. The smallest absolute Gasteiger partial charge is 0.221 e. The standard InChI is InChI=1S/C15H20F2N2O.ClH/c16-11-4-3-5-12(17)14(11)15(7-1-2-8-15)10-19-13(20)6-9-18;/h3-5H,1-2,6-10,18H2,(H,19,20);1H. The van der Waals surface area contributed by atoms with Crippen LogP contribution in [0.4, 0.5) is 8.78 Å². The van der Waals surface area contributed by atoms with E-state index >= 15 is 0 Å². The second-order valence-corrected chi connectivity index (χ2v) is 5.40. The molecule has 6 heteroatoms. The van der Waals surface area contributed by atoms with Crippen molar-refractivity contribution in [2.24, 2.45) is 5.73 Å². The molecule has 1 aromatic carbocycles. The quantitative estimate of drug-likeness (QED) is 0.877. The van der Waals surface area contributed by atoms with Crippen LogP contribution in [0.25, 0.3) is 0 Å². The first-order chi connectivity index (χ1) is 9.59. The highest BCUT2D eigenvalue weighted by molar-refractivity contribution is 5.85. The van der Waals surface area contributed by atoms with Crippen molar-refractivity contribution in [3.8, 4) is 0 Å². The van der Waals surface area contributed by atoms with Crippen molar-refractivity contribution in [3.63, 3.8) is 0 Å². The lowest BCUT2D eigenvalue weighted by Crippen LogP contribution is -2.40. The van der Waals surface area contributed by atoms with Gasteiger partial charge in [0.1, 0.15) is 11.6 Å². The van der Waals surface area contributed by atoms with E-state index in [9.17, 15) is 13.6 Å². The fourth-order valence-corrected chi connectivity index (χ4v) is 3.06. The van der Waals surface area contributed by atoms with Crippen molar-refractivity contribution in [2.75, 3.05) is 13.1 Å². The summed E-state index contributed by atoms with van der Waals surface area (Å²) in [7, 11) is 0. The van der Waals surface area contributed by atoms with E-state index in [1.54, 1.807) is 0 Å². The maximum atomic E-state index is 14.0. The molecule has 2 rings (SSSR count). The number of carbonyl (C=O) groups is 1. The summed E-state index contributed by atoms with van der Waals surface area (Å²) >= 11 is 0. The van der Waals surface area contributed by atoms with Crippen LogP contribution in [0.3, 0.4) is 0 Å². The number of nitrogens with two attached hydrogens (primary N) is 1. The summed E-state index contributed by atoms with van der Waals surface area (Å²) in [6.45, 7) is 0.538. The molecule has 3 N–H and O–H groups in total. The number of rotatable bonds is 5. The van der Waals surface area contributed by atoms with E-state index in [0.29, 0.717) is 12.8 Å². The normalized spacial score (nSPS) is 16.3. The first-order valence-corrected chi connectivity index (χ1v) is 7.00. The van der Waals surface area contributed by atoms with E-state index in [4.69, 9.17) is 5.73 Å². The molecule has 0 aromatic heterocycles. The summed E-state index contributed by atoms with van der Waals surface area (Å²) in [6.07, 6.45) is 3.44. The Labute approximate surface area is 129 Å². The molecule has 0 radical (unpaired) electrons. The first kappa shape index (κ1) is 17.9. The van der Waals surface area contributed by atoms with Crippen LogP contribution in [0.5, 0.6) is 0 Å². The van der Waals surface area contributed by atoms with Gasteiger partial charge in [-0.05, 0) is 25.0 Å². The minimum absolute atomic E-state index is 0. The van der Waals surface area contributed by atoms with Gasteiger partial charge in [-0.25, -0.2) is 8.78 Å². The predicted octanol–water partition coefficient (Wildman–Crippen LogP) is 2.66. The second kappa shape index (κ2) is 7.71. The Morgan fingerprint density at radius 3 is 2.33 bits per heavy atom. The van der Waals surface area contributed by atoms with Gasteiger partial charge in [-0.2, -0.15) is 0 Å². The summed E-state index contributed by atoms with van der Waals surface area (Å²) in [4.78, 5) is 11.6. The van der Waals surface area contributed by atoms with Crippen LogP contribution in [0, 0.1) is 11.6 Å². The van der Waals surface area contributed by atoms with Gasteiger partial charge in [0.2, 0.25) is 5.91 Å². The molecule has 21 heavy (non-hydrogen) atoms. The molecule has 1 aliphatic rings. The van der Waals surface area contributed by atoms with Gasteiger partial charge in [0.15, 0.2) is 0 Å². The second-order valence-electron chi connectivity index (χ2n) is 5.40. The lowest BCUT2D eigenvalue weighted by atomic mass is 9.78. The maximum absolute atomic E-state index is 14.0. The Morgan fingerprint density at radius 1 is 1.24 bits per heavy atom. The molecule has 1 aromatic rings. The molecule has 3 nitrogen and oxygen atoms in total. The lowest BCUT2D eigenvalue weighted by molar-refractivity contribution is -0.121. The minimum atomic E-state index is -0.625. The lowest BCUT2D eigenvalue weighted by Gasteiger charge is -2.30. The average Bonchev–Trinajstić information content (AvgIpc) is 2.86. The number of amides is 1. The predicted molar refractivity (Wildman–Crippen MR) is 80.4 cm³/mol. The van der Waals surface area contributed by atoms with Crippen molar-refractivity contribution in [1.82, 2.24) is 5.32 Å². The highest BCUT2D eigenvalue weighted by Gasteiger charge is 2.39. The molecule has 1 aliphatic carbocycles. The molecule has 0 heterocycles. The molecule has 0 saturated heterocycles.